The number of halogens is 1. The number of piperidine rings is 1. The summed E-state index contributed by atoms with van der Waals surface area (Å²) in [6, 6.07) is 10.3. The average Bonchev–Trinajstić information content (AvgIpc) is 2.74. The maximum atomic E-state index is 14.0. The number of para-hydroxylation sites is 1. The normalized spacial score (nSPS) is 21.0. The number of pyridine rings is 1. The number of amides is 1. The molecule has 1 amide bonds. The molecule has 0 saturated carbocycles. The minimum absolute atomic E-state index is 0.0563. The summed E-state index contributed by atoms with van der Waals surface area (Å²) < 4.78 is 14.0. The van der Waals surface area contributed by atoms with E-state index in [9.17, 15) is 14.3 Å². The van der Waals surface area contributed by atoms with Crippen molar-refractivity contribution >= 4 is 11.6 Å². The van der Waals surface area contributed by atoms with E-state index in [0.29, 0.717) is 24.0 Å². The Kier molecular flexibility index (Phi) is 5.43. The Morgan fingerprint density at radius 3 is 2.57 bits per heavy atom. The monoisotopic (exact) mass is 384 g/mol. The van der Waals surface area contributed by atoms with E-state index in [1.165, 1.54) is 18.3 Å². The van der Waals surface area contributed by atoms with Gasteiger partial charge in [0.1, 0.15) is 17.3 Å². The third-order valence-corrected chi connectivity index (χ3v) is 5.67. The lowest BCUT2D eigenvalue weighted by atomic mass is 10.0. The Bertz CT molecular complexity index is 821. The Hall–Kier alpha value is -2.67. The molecule has 2 aliphatic rings. The zero-order valence-electron chi connectivity index (χ0n) is 15.8. The summed E-state index contributed by atoms with van der Waals surface area (Å²) in [5.41, 5.74) is 1.03. The number of carbonyl (C=O) groups is 1. The smallest absolute Gasteiger partial charge is 0.272 e. The van der Waals surface area contributed by atoms with Crippen molar-refractivity contribution in [2.45, 2.75) is 18.9 Å². The molecule has 0 bridgehead atoms. The Labute approximate surface area is 164 Å². The number of hydrogen-bond acceptors (Lipinski definition) is 5. The van der Waals surface area contributed by atoms with Crippen LogP contribution in [0.5, 0.6) is 5.75 Å². The summed E-state index contributed by atoms with van der Waals surface area (Å²) in [6.07, 6.45) is 3.32. The van der Waals surface area contributed by atoms with Gasteiger partial charge in [-0.15, -0.1) is 0 Å². The van der Waals surface area contributed by atoms with Gasteiger partial charge in [-0.2, -0.15) is 0 Å². The topological polar surface area (TPSA) is 59.9 Å². The minimum Gasteiger partial charge on any atom is -0.506 e. The zero-order chi connectivity index (χ0) is 19.5. The van der Waals surface area contributed by atoms with E-state index in [-0.39, 0.29) is 17.5 Å². The third-order valence-electron chi connectivity index (χ3n) is 5.67. The predicted octanol–water partition coefficient (Wildman–Crippen LogP) is 2.35. The highest BCUT2D eigenvalue weighted by molar-refractivity contribution is 5.92. The third kappa shape index (κ3) is 3.94. The largest absolute Gasteiger partial charge is 0.506 e. The molecule has 6 nitrogen and oxygen atoms in total. The molecule has 2 fully saturated rings. The van der Waals surface area contributed by atoms with E-state index in [0.717, 1.165) is 45.6 Å². The van der Waals surface area contributed by atoms with E-state index in [1.807, 2.05) is 17.0 Å². The van der Waals surface area contributed by atoms with Gasteiger partial charge in [-0.05, 0) is 37.1 Å². The summed E-state index contributed by atoms with van der Waals surface area (Å²) in [5, 5.41) is 9.36. The molecule has 0 spiro atoms. The van der Waals surface area contributed by atoms with Gasteiger partial charge in [-0.1, -0.05) is 12.1 Å². The van der Waals surface area contributed by atoms with E-state index >= 15 is 0 Å². The fourth-order valence-electron chi connectivity index (χ4n) is 4.15. The van der Waals surface area contributed by atoms with Gasteiger partial charge in [0.25, 0.3) is 5.91 Å². The van der Waals surface area contributed by atoms with Crippen LogP contribution >= 0.6 is 0 Å². The van der Waals surface area contributed by atoms with Gasteiger partial charge in [0.05, 0.1) is 11.9 Å². The number of piperazine rings is 1. The van der Waals surface area contributed by atoms with Crippen LogP contribution in [0.3, 0.4) is 0 Å². The van der Waals surface area contributed by atoms with Crippen LogP contribution in [0.2, 0.25) is 0 Å². The second kappa shape index (κ2) is 8.14. The van der Waals surface area contributed by atoms with Gasteiger partial charge in [0.2, 0.25) is 0 Å². The molecule has 1 aromatic heterocycles. The molecule has 2 aromatic rings. The lowest BCUT2D eigenvalue weighted by Gasteiger charge is -2.43. The number of rotatable bonds is 3. The van der Waals surface area contributed by atoms with Gasteiger partial charge in [-0.25, -0.2) is 9.37 Å². The molecule has 0 unspecified atom stereocenters. The van der Waals surface area contributed by atoms with E-state index in [1.54, 1.807) is 12.1 Å². The van der Waals surface area contributed by atoms with Crippen molar-refractivity contribution in [3.63, 3.8) is 0 Å². The maximum absolute atomic E-state index is 14.0. The molecule has 0 aliphatic carbocycles. The van der Waals surface area contributed by atoms with Crippen LogP contribution in [-0.4, -0.2) is 71.1 Å². The minimum atomic E-state index is -0.174. The van der Waals surface area contributed by atoms with Crippen molar-refractivity contribution in [3.05, 3.63) is 54.1 Å². The van der Waals surface area contributed by atoms with Crippen LogP contribution in [0.25, 0.3) is 0 Å². The molecule has 2 aliphatic heterocycles. The summed E-state index contributed by atoms with van der Waals surface area (Å²) >= 11 is 0. The first kappa shape index (κ1) is 18.7. The van der Waals surface area contributed by atoms with Crippen molar-refractivity contribution in [1.29, 1.82) is 0 Å². The second-order valence-corrected chi connectivity index (χ2v) is 7.42. The van der Waals surface area contributed by atoms with Gasteiger partial charge in [-0.3, -0.25) is 9.69 Å². The van der Waals surface area contributed by atoms with Crippen molar-refractivity contribution < 1.29 is 14.3 Å². The molecule has 4 rings (SSSR count). The molecule has 2 saturated heterocycles. The van der Waals surface area contributed by atoms with Crippen LogP contribution in [0, 0.1) is 5.82 Å². The van der Waals surface area contributed by atoms with Crippen LogP contribution in [0.4, 0.5) is 10.1 Å². The lowest BCUT2D eigenvalue weighted by molar-refractivity contribution is 0.0558. The van der Waals surface area contributed by atoms with Crippen LogP contribution in [0.15, 0.2) is 42.6 Å². The van der Waals surface area contributed by atoms with Crippen molar-refractivity contribution in [2.24, 2.45) is 0 Å². The maximum Gasteiger partial charge on any atom is 0.272 e. The number of nitrogens with zero attached hydrogens (tertiary/aromatic N) is 4. The molecule has 28 heavy (non-hydrogen) atoms. The molecule has 0 radical (unpaired) electrons. The molecule has 1 N–H and O–H groups in total. The molecule has 148 valence electrons. The molecule has 7 heteroatoms. The lowest BCUT2D eigenvalue weighted by Crippen LogP contribution is -2.56. The molecule has 1 atom stereocenters. The van der Waals surface area contributed by atoms with Crippen LogP contribution in [-0.2, 0) is 0 Å². The summed E-state index contributed by atoms with van der Waals surface area (Å²) in [5.74, 6) is -0.206. The predicted molar refractivity (Wildman–Crippen MR) is 105 cm³/mol. The average molecular weight is 384 g/mol. The number of aromatic nitrogens is 1. The van der Waals surface area contributed by atoms with Crippen molar-refractivity contribution in [3.8, 4) is 5.75 Å². The number of aromatic hydroxyl groups is 1. The van der Waals surface area contributed by atoms with E-state index < -0.39 is 0 Å². The molecular weight excluding hydrogens is 359 g/mol. The summed E-state index contributed by atoms with van der Waals surface area (Å²) in [6.45, 7) is 4.70. The van der Waals surface area contributed by atoms with Gasteiger partial charge < -0.3 is 14.9 Å². The first-order valence-corrected chi connectivity index (χ1v) is 9.79. The van der Waals surface area contributed by atoms with E-state index in [4.69, 9.17) is 0 Å². The number of benzene rings is 1. The Balaban J connectivity index is 1.36. The van der Waals surface area contributed by atoms with Gasteiger partial charge in [0, 0.05) is 45.3 Å². The second-order valence-electron chi connectivity index (χ2n) is 7.42. The summed E-state index contributed by atoms with van der Waals surface area (Å²) in [4.78, 5) is 23.1. The van der Waals surface area contributed by atoms with Crippen molar-refractivity contribution in [2.75, 3.05) is 44.2 Å². The Morgan fingerprint density at radius 2 is 1.86 bits per heavy atom. The molecule has 3 heterocycles. The highest BCUT2D eigenvalue weighted by Crippen LogP contribution is 2.23. The number of likely N-dealkylation sites (tertiary alicyclic amines) is 1. The van der Waals surface area contributed by atoms with Crippen molar-refractivity contribution in [1.82, 2.24) is 14.8 Å². The van der Waals surface area contributed by atoms with Gasteiger partial charge >= 0.3 is 0 Å². The highest BCUT2D eigenvalue weighted by Gasteiger charge is 2.31. The number of anilines is 1. The first-order chi connectivity index (χ1) is 13.6. The SMILES string of the molecule is O=C(c1ccc(O)cn1)N1CCC[C@H](N2CCN(c3ccccc3F)CC2)C1. The quantitative estimate of drug-likeness (QED) is 0.880. The Morgan fingerprint density at radius 1 is 1.07 bits per heavy atom. The molecular formula is C21H25FN4O2. The number of hydrogen-bond donors (Lipinski definition) is 1. The number of carbonyl (C=O) groups excluding carboxylic acids is 1. The van der Waals surface area contributed by atoms with Crippen LogP contribution < -0.4 is 4.90 Å². The fraction of sp³-hybridized carbons (Fsp3) is 0.429. The first-order valence-electron chi connectivity index (χ1n) is 9.79. The highest BCUT2D eigenvalue weighted by atomic mass is 19.1. The zero-order valence-corrected chi connectivity index (χ0v) is 15.8. The molecule has 1 aromatic carbocycles. The fourth-order valence-corrected chi connectivity index (χ4v) is 4.15. The summed E-state index contributed by atoms with van der Waals surface area (Å²) in [7, 11) is 0. The van der Waals surface area contributed by atoms with Crippen LogP contribution in [0.1, 0.15) is 23.3 Å². The van der Waals surface area contributed by atoms with Gasteiger partial charge in [0.15, 0.2) is 0 Å². The standard InChI is InChI=1S/C21H25FN4O2/c22-18-5-1-2-6-20(18)25-12-10-24(11-13-25)16-4-3-9-26(15-16)21(28)19-8-7-17(27)14-23-19/h1-2,5-8,14,16,27H,3-4,9-13,15H2/t16-/m0/s1. The van der Waals surface area contributed by atoms with E-state index in [2.05, 4.69) is 14.8 Å².